The Morgan fingerprint density at radius 3 is 0.775 bits per heavy atom. The predicted octanol–water partition coefficient (Wildman–Crippen LogP) is 23.8. The van der Waals surface area contributed by atoms with E-state index in [1.54, 1.807) is 0 Å². The van der Waals surface area contributed by atoms with E-state index in [9.17, 15) is 14.4 Å². The Morgan fingerprint density at radius 1 is 0.263 bits per heavy atom. The average Bonchev–Trinajstić information content (AvgIpc) is 3.46. The van der Waals surface area contributed by atoms with Gasteiger partial charge in [-0.1, -0.05) is 318 Å². The number of ether oxygens (including phenoxy) is 3. The van der Waals surface area contributed by atoms with Crippen LogP contribution in [-0.2, 0) is 28.6 Å². The molecule has 0 heterocycles. The third kappa shape index (κ3) is 65.4. The van der Waals surface area contributed by atoms with Gasteiger partial charge in [0.05, 0.1) is 0 Å². The average molecular weight is 1120 g/mol. The molecule has 0 aromatic heterocycles. The number of hydrogen-bond acceptors (Lipinski definition) is 6. The van der Waals surface area contributed by atoms with E-state index in [-0.39, 0.29) is 31.1 Å². The molecule has 0 aromatic carbocycles. The van der Waals surface area contributed by atoms with Gasteiger partial charge >= 0.3 is 17.9 Å². The molecule has 0 radical (unpaired) electrons. The highest BCUT2D eigenvalue weighted by Crippen LogP contribution is 2.17. The van der Waals surface area contributed by atoms with E-state index < -0.39 is 6.10 Å². The summed E-state index contributed by atoms with van der Waals surface area (Å²) in [6, 6.07) is 0. The van der Waals surface area contributed by atoms with E-state index in [4.69, 9.17) is 14.2 Å². The third-order valence-corrected chi connectivity index (χ3v) is 15.1. The molecule has 0 aromatic rings. The first-order valence-electron chi connectivity index (χ1n) is 34.6. The lowest BCUT2D eigenvalue weighted by molar-refractivity contribution is -0.167. The van der Waals surface area contributed by atoms with Crippen LogP contribution in [0.1, 0.15) is 348 Å². The highest BCUT2D eigenvalue weighted by Gasteiger charge is 2.19. The van der Waals surface area contributed by atoms with Gasteiger partial charge in [-0.15, -0.1) is 0 Å². The third-order valence-electron chi connectivity index (χ3n) is 15.1. The van der Waals surface area contributed by atoms with E-state index in [0.717, 1.165) is 116 Å². The molecule has 0 amide bonds. The molecule has 0 rings (SSSR count). The van der Waals surface area contributed by atoms with E-state index in [0.29, 0.717) is 19.3 Å². The Hall–Kier alpha value is -3.41. The van der Waals surface area contributed by atoms with Crippen LogP contribution in [0.25, 0.3) is 0 Å². The molecule has 6 heteroatoms. The van der Waals surface area contributed by atoms with E-state index in [1.807, 2.05) is 0 Å². The monoisotopic (exact) mass is 1110 g/mol. The van der Waals surface area contributed by atoms with Crippen molar-refractivity contribution in [1.82, 2.24) is 0 Å². The Kier molecular flexibility index (Phi) is 65.2. The van der Waals surface area contributed by atoms with Gasteiger partial charge in [0.1, 0.15) is 13.2 Å². The van der Waals surface area contributed by atoms with Crippen molar-refractivity contribution in [2.75, 3.05) is 13.2 Å². The fourth-order valence-corrected chi connectivity index (χ4v) is 9.97. The number of carbonyl (C=O) groups excluding carboxylic acids is 3. The molecule has 0 aliphatic heterocycles. The van der Waals surface area contributed by atoms with Gasteiger partial charge in [-0.25, -0.2) is 0 Å². The minimum Gasteiger partial charge on any atom is -0.462 e. The summed E-state index contributed by atoms with van der Waals surface area (Å²) in [5.41, 5.74) is 0. The van der Waals surface area contributed by atoms with Crippen LogP contribution in [0.2, 0.25) is 0 Å². The molecule has 80 heavy (non-hydrogen) atoms. The summed E-state index contributed by atoms with van der Waals surface area (Å²) in [5.74, 6) is -0.901. The molecule has 6 nitrogen and oxygen atoms in total. The maximum Gasteiger partial charge on any atom is 0.306 e. The van der Waals surface area contributed by atoms with Gasteiger partial charge < -0.3 is 14.2 Å². The molecule has 0 N–H and O–H groups in total. The van der Waals surface area contributed by atoms with Crippen molar-refractivity contribution in [2.24, 2.45) is 0 Å². The molecular formula is C74H130O6. The van der Waals surface area contributed by atoms with Gasteiger partial charge in [-0.05, 0) is 96.3 Å². The van der Waals surface area contributed by atoms with Crippen molar-refractivity contribution < 1.29 is 28.6 Å². The molecule has 0 bridgehead atoms. The zero-order chi connectivity index (χ0) is 57.8. The SMILES string of the molecule is CC/C=C\C/C=C\C/C=C\C/C=C\C/C=C\C/C=C\CCCCCCC(=O)OCC(COC(=O)CCCCCCC/C=C\CCCCCCCCC)OC(=O)CCCCCCCCCCCCCCCCCCCCCCCCC. The Labute approximate surface area is 496 Å². The van der Waals surface area contributed by atoms with Crippen LogP contribution < -0.4 is 0 Å². The zero-order valence-electron chi connectivity index (χ0n) is 53.1. The van der Waals surface area contributed by atoms with E-state index >= 15 is 0 Å². The maximum absolute atomic E-state index is 13.0. The van der Waals surface area contributed by atoms with Crippen LogP contribution in [-0.4, -0.2) is 37.2 Å². The first-order chi connectivity index (χ1) is 39.5. The fraction of sp³-hybridized carbons (Fsp3) is 0.770. The molecule has 0 aliphatic carbocycles. The van der Waals surface area contributed by atoms with Crippen molar-refractivity contribution in [3.63, 3.8) is 0 Å². The summed E-state index contributed by atoms with van der Waals surface area (Å²) in [6.07, 6.45) is 90.3. The smallest absolute Gasteiger partial charge is 0.306 e. The van der Waals surface area contributed by atoms with E-state index in [2.05, 4.69) is 106 Å². The molecule has 1 atom stereocenters. The normalized spacial score (nSPS) is 12.6. The summed E-state index contributed by atoms with van der Waals surface area (Å²) >= 11 is 0. The molecule has 462 valence electrons. The van der Waals surface area contributed by atoms with Crippen LogP contribution in [0.5, 0.6) is 0 Å². The summed E-state index contributed by atoms with van der Waals surface area (Å²) in [6.45, 7) is 6.55. The minimum atomic E-state index is -0.791. The topological polar surface area (TPSA) is 78.9 Å². The van der Waals surface area contributed by atoms with Gasteiger partial charge in [0.15, 0.2) is 6.10 Å². The zero-order valence-corrected chi connectivity index (χ0v) is 53.1. The Balaban J connectivity index is 4.39. The Morgan fingerprint density at radius 2 is 0.487 bits per heavy atom. The highest BCUT2D eigenvalue weighted by molar-refractivity contribution is 5.71. The molecule has 0 saturated heterocycles. The number of hydrogen-bond donors (Lipinski definition) is 0. The van der Waals surface area contributed by atoms with Gasteiger partial charge in [-0.2, -0.15) is 0 Å². The second-order valence-corrected chi connectivity index (χ2v) is 23.1. The molecule has 1 unspecified atom stereocenters. The number of unbranched alkanes of at least 4 members (excludes halogenated alkanes) is 38. The predicted molar refractivity (Wildman–Crippen MR) is 348 cm³/mol. The molecule has 0 saturated carbocycles. The fourth-order valence-electron chi connectivity index (χ4n) is 9.97. The number of rotatable bonds is 63. The van der Waals surface area contributed by atoms with Crippen LogP contribution in [0.15, 0.2) is 85.1 Å². The van der Waals surface area contributed by atoms with Gasteiger partial charge in [0, 0.05) is 19.3 Å². The first kappa shape index (κ1) is 76.6. The summed E-state index contributed by atoms with van der Waals surface area (Å²) in [7, 11) is 0. The highest BCUT2D eigenvalue weighted by atomic mass is 16.6. The molecular weight excluding hydrogens is 985 g/mol. The van der Waals surface area contributed by atoms with Crippen molar-refractivity contribution in [3.05, 3.63) is 85.1 Å². The van der Waals surface area contributed by atoms with Crippen LogP contribution in [0, 0.1) is 0 Å². The molecule has 0 fully saturated rings. The lowest BCUT2D eigenvalue weighted by Gasteiger charge is -2.18. The number of carbonyl (C=O) groups is 3. The largest absolute Gasteiger partial charge is 0.462 e. The summed E-state index contributed by atoms with van der Waals surface area (Å²) < 4.78 is 17.0. The minimum absolute atomic E-state index is 0.0863. The number of allylic oxidation sites excluding steroid dienone is 14. The van der Waals surface area contributed by atoms with Crippen molar-refractivity contribution >= 4 is 17.9 Å². The maximum atomic E-state index is 13.0. The van der Waals surface area contributed by atoms with Crippen LogP contribution in [0.4, 0.5) is 0 Å². The van der Waals surface area contributed by atoms with Crippen molar-refractivity contribution in [2.45, 2.75) is 354 Å². The van der Waals surface area contributed by atoms with E-state index in [1.165, 1.54) is 193 Å². The van der Waals surface area contributed by atoms with Crippen molar-refractivity contribution in [3.8, 4) is 0 Å². The lowest BCUT2D eigenvalue weighted by Crippen LogP contribution is -2.30. The standard InChI is InChI=1S/C74H130O6/c1-4-7-10-13-16-19-22-25-28-31-33-35-37-39-41-43-46-49-52-55-58-61-64-67-73(76)79-70-71(69-78-72(75)66-63-60-57-54-51-48-45-30-27-24-21-18-15-12-9-6-3)80-74(77)68-65-62-59-56-53-50-47-44-42-40-38-36-34-32-29-26-23-20-17-14-11-8-5-2/h7,10,16,19,25,28,30,33,35,39,41,45-46,49,71H,4-6,8-9,11-15,17-18,20-24,26-27,29,31-32,34,36-38,40,42-44,47-48,50-70H2,1-3H3/b10-7-,19-16-,28-25-,35-33-,41-39-,45-30-,49-46-. The van der Waals surface area contributed by atoms with Crippen molar-refractivity contribution in [1.29, 1.82) is 0 Å². The van der Waals surface area contributed by atoms with Gasteiger partial charge in [0.25, 0.3) is 0 Å². The lowest BCUT2D eigenvalue weighted by atomic mass is 10.0. The van der Waals surface area contributed by atoms with Crippen LogP contribution >= 0.6 is 0 Å². The van der Waals surface area contributed by atoms with Gasteiger partial charge in [-0.3, -0.25) is 14.4 Å². The Bertz CT molecular complexity index is 1520. The quantitative estimate of drug-likeness (QED) is 0.0261. The second kappa shape index (κ2) is 68.1. The van der Waals surface area contributed by atoms with Gasteiger partial charge in [0.2, 0.25) is 0 Å². The van der Waals surface area contributed by atoms with Crippen LogP contribution in [0.3, 0.4) is 0 Å². The first-order valence-corrected chi connectivity index (χ1v) is 34.6. The number of esters is 3. The summed E-state index contributed by atoms with van der Waals surface area (Å²) in [4.78, 5) is 38.4. The second-order valence-electron chi connectivity index (χ2n) is 23.1. The molecule has 0 aliphatic rings. The molecule has 0 spiro atoms. The summed E-state index contributed by atoms with van der Waals surface area (Å²) in [5, 5.41) is 0.